The van der Waals surface area contributed by atoms with Crippen molar-refractivity contribution in [3.8, 4) is 0 Å². The van der Waals surface area contributed by atoms with Crippen molar-refractivity contribution in [1.82, 2.24) is 0 Å². The molecular formula is C16H26O5. The molecule has 2 saturated heterocycles. The van der Waals surface area contributed by atoms with Gasteiger partial charge in [-0.25, -0.2) is 0 Å². The lowest BCUT2D eigenvalue weighted by Crippen LogP contribution is -2.69. The number of ketones is 1. The molecule has 0 aromatic carbocycles. The van der Waals surface area contributed by atoms with Crippen molar-refractivity contribution in [2.75, 3.05) is 13.7 Å². The van der Waals surface area contributed by atoms with Crippen molar-refractivity contribution in [2.45, 2.75) is 75.5 Å². The van der Waals surface area contributed by atoms with Gasteiger partial charge in [-0.05, 0) is 32.1 Å². The fraction of sp³-hybridized carbons (Fsp3) is 0.938. The fourth-order valence-corrected chi connectivity index (χ4v) is 4.00. The summed E-state index contributed by atoms with van der Waals surface area (Å²) in [5, 5.41) is 11.4. The van der Waals surface area contributed by atoms with E-state index in [1.54, 1.807) is 0 Å². The molecule has 1 N–H and O–H groups in total. The topological polar surface area (TPSA) is 71.6 Å². The Morgan fingerprint density at radius 1 is 1.48 bits per heavy atom. The van der Waals surface area contributed by atoms with Gasteiger partial charge < -0.3 is 19.3 Å². The molecule has 5 atom stereocenters. The number of carbonyl (C=O) groups excluding carboxylic acids is 1. The van der Waals surface area contributed by atoms with Gasteiger partial charge in [0.1, 0.15) is 17.3 Å². The van der Waals surface area contributed by atoms with Crippen LogP contribution < -0.4 is 0 Å². The van der Waals surface area contributed by atoms with Crippen LogP contribution in [0.3, 0.4) is 0 Å². The van der Waals surface area contributed by atoms with E-state index in [-0.39, 0.29) is 11.9 Å². The van der Waals surface area contributed by atoms with Gasteiger partial charge in [-0.1, -0.05) is 13.8 Å². The summed E-state index contributed by atoms with van der Waals surface area (Å²) in [7, 11) is 1.48. The molecule has 0 bridgehead atoms. The third kappa shape index (κ3) is 2.01. The second-order valence-corrected chi connectivity index (χ2v) is 7.32. The molecule has 5 heteroatoms. The molecule has 3 rings (SSSR count). The van der Waals surface area contributed by atoms with E-state index < -0.39 is 22.9 Å². The molecule has 2 heterocycles. The van der Waals surface area contributed by atoms with Crippen LogP contribution in [0.2, 0.25) is 0 Å². The zero-order chi connectivity index (χ0) is 15.5. The van der Waals surface area contributed by atoms with Gasteiger partial charge in [0.25, 0.3) is 0 Å². The maximum absolute atomic E-state index is 12.2. The molecule has 0 aromatic heterocycles. The molecule has 120 valence electrons. The van der Waals surface area contributed by atoms with E-state index in [1.807, 2.05) is 6.92 Å². The standard InChI is InChI=1S/C16H26O5/c1-10(2)5-6-12-14(3,21-12)16(18)13(19-4)11(17)7-8-15(16)9-20-15/h10,12-13,18H,5-9H2,1-4H3/t12-,13+,14+,15+,16+/m0/s1. The molecule has 2 aliphatic heterocycles. The molecule has 1 spiro atoms. The number of hydrogen-bond acceptors (Lipinski definition) is 5. The van der Waals surface area contributed by atoms with Crippen LogP contribution >= 0.6 is 0 Å². The van der Waals surface area contributed by atoms with Crippen LogP contribution in [-0.4, -0.2) is 53.6 Å². The molecule has 3 aliphatic rings. The molecule has 1 saturated carbocycles. The second-order valence-electron chi connectivity index (χ2n) is 7.32. The normalized spacial score (nSPS) is 49.0. The zero-order valence-electron chi connectivity index (χ0n) is 13.3. The Kier molecular flexibility index (Phi) is 3.49. The Morgan fingerprint density at radius 2 is 2.14 bits per heavy atom. The maximum Gasteiger partial charge on any atom is 0.164 e. The summed E-state index contributed by atoms with van der Waals surface area (Å²) in [5.41, 5.74) is -2.80. The van der Waals surface area contributed by atoms with E-state index in [9.17, 15) is 9.90 Å². The first-order valence-corrected chi connectivity index (χ1v) is 7.90. The molecule has 1 aliphatic carbocycles. The van der Waals surface area contributed by atoms with E-state index >= 15 is 0 Å². The number of epoxide rings is 2. The van der Waals surface area contributed by atoms with Crippen molar-refractivity contribution >= 4 is 5.78 Å². The first-order chi connectivity index (χ1) is 9.81. The molecule has 0 aromatic rings. The van der Waals surface area contributed by atoms with E-state index in [0.29, 0.717) is 25.4 Å². The third-order valence-electron chi connectivity index (χ3n) is 5.58. The molecule has 0 unspecified atom stereocenters. The first kappa shape index (κ1) is 15.4. The minimum Gasteiger partial charge on any atom is -0.380 e. The molecule has 5 nitrogen and oxygen atoms in total. The Labute approximate surface area is 125 Å². The molecule has 0 amide bonds. The minimum atomic E-state index is -1.38. The minimum absolute atomic E-state index is 0.0328. The molecule has 3 fully saturated rings. The van der Waals surface area contributed by atoms with E-state index in [2.05, 4.69) is 13.8 Å². The van der Waals surface area contributed by atoms with E-state index in [0.717, 1.165) is 12.8 Å². The quantitative estimate of drug-likeness (QED) is 0.778. The van der Waals surface area contributed by atoms with Crippen molar-refractivity contribution < 1.29 is 24.1 Å². The number of methoxy groups -OCH3 is 1. The Hall–Kier alpha value is -0.490. The number of hydrogen-bond donors (Lipinski definition) is 1. The highest BCUT2D eigenvalue weighted by Gasteiger charge is 2.81. The van der Waals surface area contributed by atoms with E-state index in [1.165, 1.54) is 7.11 Å². The monoisotopic (exact) mass is 298 g/mol. The van der Waals surface area contributed by atoms with Gasteiger partial charge in [0.15, 0.2) is 11.4 Å². The van der Waals surface area contributed by atoms with Gasteiger partial charge in [-0.3, -0.25) is 4.79 Å². The van der Waals surface area contributed by atoms with Gasteiger partial charge >= 0.3 is 0 Å². The molecular weight excluding hydrogens is 272 g/mol. The highest BCUT2D eigenvalue weighted by molar-refractivity contribution is 5.87. The van der Waals surface area contributed by atoms with E-state index in [4.69, 9.17) is 14.2 Å². The van der Waals surface area contributed by atoms with Gasteiger partial charge in [-0.15, -0.1) is 0 Å². The van der Waals surface area contributed by atoms with Crippen LogP contribution in [0.1, 0.15) is 46.5 Å². The largest absolute Gasteiger partial charge is 0.380 e. The van der Waals surface area contributed by atoms with Gasteiger partial charge in [0.05, 0.1) is 12.7 Å². The smallest absolute Gasteiger partial charge is 0.164 e. The van der Waals surface area contributed by atoms with Crippen LogP contribution in [0, 0.1) is 5.92 Å². The fourth-order valence-electron chi connectivity index (χ4n) is 4.00. The van der Waals surface area contributed by atoms with Gasteiger partial charge in [-0.2, -0.15) is 0 Å². The summed E-state index contributed by atoms with van der Waals surface area (Å²) in [6.07, 6.45) is 1.98. The molecule has 21 heavy (non-hydrogen) atoms. The molecule has 0 radical (unpaired) electrons. The average Bonchev–Trinajstić information content (AvgIpc) is 3.31. The number of ether oxygens (including phenoxy) is 3. The summed E-state index contributed by atoms with van der Waals surface area (Å²) < 4.78 is 16.9. The predicted molar refractivity (Wildman–Crippen MR) is 76.0 cm³/mol. The Morgan fingerprint density at radius 3 is 2.67 bits per heavy atom. The van der Waals surface area contributed by atoms with Gasteiger partial charge in [0, 0.05) is 13.5 Å². The van der Waals surface area contributed by atoms with Crippen LogP contribution in [-0.2, 0) is 19.0 Å². The summed E-state index contributed by atoms with van der Waals surface area (Å²) in [5.74, 6) is 0.533. The zero-order valence-corrected chi connectivity index (χ0v) is 13.3. The van der Waals surface area contributed by atoms with Gasteiger partial charge in [0.2, 0.25) is 0 Å². The first-order valence-electron chi connectivity index (χ1n) is 7.90. The van der Waals surface area contributed by atoms with Crippen LogP contribution in [0.5, 0.6) is 0 Å². The second kappa shape index (κ2) is 4.75. The Bertz CT molecular complexity index is 444. The van der Waals surface area contributed by atoms with Crippen LogP contribution in [0.15, 0.2) is 0 Å². The van der Waals surface area contributed by atoms with Crippen molar-refractivity contribution in [3.63, 3.8) is 0 Å². The summed E-state index contributed by atoms with van der Waals surface area (Å²) in [6.45, 7) is 6.71. The number of carbonyl (C=O) groups is 1. The Balaban J connectivity index is 1.85. The number of Topliss-reactive ketones (excluding diaryl/α,β-unsaturated/α-hetero) is 1. The summed E-state index contributed by atoms with van der Waals surface area (Å²) in [6, 6.07) is 0. The van der Waals surface area contributed by atoms with Crippen LogP contribution in [0.4, 0.5) is 0 Å². The summed E-state index contributed by atoms with van der Waals surface area (Å²) in [4.78, 5) is 12.2. The SMILES string of the molecule is CO[C@@H]1C(=O)CC[C@@]2(CO2)[C@]1(O)[C@]1(C)O[C@H]1CCC(C)C. The van der Waals surface area contributed by atoms with Crippen molar-refractivity contribution in [3.05, 3.63) is 0 Å². The summed E-state index contributed by atoms with van der Waals surface area (Å²) >= 11 is 0. The lowest BCUT2D eigenvalue weighted by Gasteiger charge is -2.45. The lowest BCUT2D eigenvalue weighted by molar-refractivity contribution is -0.193. The van der Waals surface area contributed by atoms with Crippen molar-refractivity contribution in [1.29, 1.82) is 0 Å². The lowest BCUT2D eigenvalue weighted by atomic mass is 9.64. The highest BCUT2D eigenvalue weighted by Crippen LogP contribution is 2.61. The maximum atomic E-state index is 12.2. The third-order valence-corrected chi connectivity index (χ3v) is 5.58. The predicted octanol–water partition coefficient (Wildman–Crippen LogP) is 1.46. The number of aliphatic hydroxyl groups is 1. The number of rotatable bonds is 5. The van der Waals surface area contributed by atoms with Crippen molar-refractivity contribution in [2.24, 2.45) is 5.92 Å². The highest BCUT2D eigenvalue weighted by atomic mass is 16.7. The van der Waals surface area contributed by atoms with Crippen LogP contribution in [0.25, 0.3) is 0 Å². The average molecular weight is 298 g/mol.